The third-order valence-corrected chi connectivity index (χ3v) is 5.82. The quantitative estimate of drug-likeness (QED) is 0.295. The first kappa shape index (κ1) is 20.9. The van der Waals surface area contributed by atoms with Gasteiger partial charge in [0.25, 0.3) is 0 Å². The molecule has 33 heavy (non-hydrogen) atoms. The minimum absolute atomic E-state index is 0.0739. The second-order valence-electron chi connectivity index (χ2n) is 7.83. The Morgan fingerprint density at radius 3 is 2.24 bits per heavy atom. The molecular weight excluding hydrogens is 424 g/mol. The molecule has 0 bridgehead atoms. The number of benzene rings is 3. The van der Waals surface area contributed by atoms with Crippen LogP contribution in [0.3, 0.4) is 0 Å². The SMILES string of the molecule is Cc1c(C)n(Cc2ccccc2)c2ccc(-c3nnc(-c4ccc(OC(F)F)cc4)o3)cc12. The number of alkyl halides is 2. The predicted octanol–water partition coefficient (Wildman–Crippen LogP) is 6.62. The molecule has 5 rings (SSSR count). The monoisotopic (exact) mass is 445 g/mol. The van der Waals surface area contributed by atoms with Crippen LogP contribution in [-0.4, -0.2) is 21.4 Å². The molecule has 0 spiro atoms. The van der Waals surface area contributed by atoms with E-state index >= 15 is 0 Å². The van der Waals surface area contributed by atoms with Crippen molar-refractivity contribution in [2.45, 2.75) is 27.0 Å². The zero-order chi connectivity index (χ0) is 22.9. The van der Waals surface area contributed by atoms with Crippen molar-refractivity contribution in [2.75, 3.05) is 0 Å². The van der Waals surface area contributed by atoms with Crippen LogP contribution in [-0.2, 0) is 6.54 Å². The van der Waals surface area contributed by atoms with Crippen molar-refractivity contribution in [1.29, 1.82) is 0 Å². The van der Waals surface area contributed by atoms with E-state index in [0.717, 1.165) is 23.0 Å². The van der Waals surface area contributed by atoms with Gasteiger partial charge in [-0.15, -0.1) is 10.2 Å². The smallest absolute Gasteiger partial charge is 0.387 e. The van der Waals surface area contributed by atoms with E-state index in [9.17, 15) is 8.78 Å². The fourth-order valence-corrected chi connectivity index (χ4v) is 3.99. The Morgan fingerprint density at radius 1 is 0.879 bits per heavy atom. The van der Waals surface area contributed by atoms with E-state index in [2.05, 4.69) is 57.6 Å². The van der Waals surface area contributed by atoms with Crippen LogP contribution in [0.4, 0.5) is 8.78 Å². The molecule has 0 amide bonds. The number of rotatable bonds is 6. The summed E-state index contributed by atoms with van der Waals surface area (Å²) >= 11 is 0. The minimum atomic E-state index is -2.87. The van der Waals surface area contributed by atoms with E-state index in [-0.39, 0.29) is 5.75 Å². The summed E-state index contributed by atoms with van der Waals surface area (Å²) < 4.78 is 37.3. The number of hydrogen-bond donors (Lipinski definition) is 0. The van der Waals surface area contributed by atoms with Gasteiger partial charge in [0.15, 0.2) is 0 Å². The van der Waals surface area contributed by atoms with Crippen molar-refractivity contribution < 1.29 is 17.9 Å². The molecule has 0 atom stereocenters. The molecule has 0 radical (unpaired) electrons. The van der Waals surface area contributed by atoms with Gasteiger partial charge < -0.3 is 13.7 Å². The highest BCUT2D eigenvalue weighted by molar-refractivity contribution is 5.89. The van der Waals surface area contributed by atoms with Crippen molar-refractivity contribution in [2.24, 2.45) is 0 Å². The molecule has 0 aliphatic rings. The highest BCUT2D eigenvalue weighted by Gasteiger charge is 2.16. The summed E-state index contributed by atoms with van der Waals surface area (Å²) in [5.41, 5.74) is 6.25. The molecule has 7 heteroatoms. The largest absolute Gasteiger partial charge is 0.435 e. The highest BCUT2D eigenvalue weighted by Crippen LogP contribution is 2.32. The van der Waals surface area contributed by atoms with E-state index in [4.69, 9.17) is 4.42 Å². The maximum absolute atomic E-state index is 12.3. The molecule has 5 aromatic rings. The molecular formula is C26H21F2N3O2. The lowest BCUT2D eigenvalue weighted by molar-refractivity contribution is -0.0498. The molecule has 5 nitrogen and oxygen atoms in total. The van der Waals surface area contributed by atoms with Gasteiger partial charge >= 0.3 is 6.61 Å². The van der Waals surface area contributed by atoms with Crippen molar-refractivity contribution in [3.8, 4) is 28.7 Å². The maximum atomic E-state index is 12.3. The fourth-order valence-electron chi connectivity index (χ4n) is 3.99. The van der Waals surface area contributed by atoms with Gasteiger partial charge in [0, 0.05) is 34.3 Å². The lowest BCUT2D eigenvalue weighted by Crippen LogP contribution is -2.01. The van der Waals surface area contributed by atoms with Gasteiger partial charge in [0.1, 0.15) is 5.75 Å². The van der Waals surface area contributed by atoms with E-state index in [1.165, 1.54) is 29.0 Å². The zero-order valence-electron chi connectivity index (χ0n) is 18.1. The minimum Gasteiger partial charge on any atom is -0.435 e. The van der Waals surface area contributed by atoms with Gasteiger partial charge in [0.2, 0.25) is 11.8 Å². The normalized spacial score (nSPS) is 11.4. The Bertz CT molecular complexity index is 1410. The Labute approximate surface area is 189 Å². The first-order chi connectivity index (χ1) is 16.0. The van der Waals surface area contributed by atoms with Gasteiger partial charge in [-0.2, -0.15) is 8.78 Å². The summed E-state index contributed by atoms with van der Waals surface area (Å²) in [5, 5.41) is 9.45. The van der Waals surface area contributed by atoms with Crippen molar-refractivity contribution in [3.63, 3.8) is 0 Å². The van der Waals surface area contributed by atoms with Crippen molar-refractivity contribution >= 4 is 10.9 Å². The molecule has 2 heterocycles. The van der Waals surface area contributed by atoms with Crippen LogP contribution in [0.1, 0.15) is 16.8 Å². The summed E-state index contributed by atoms with van der Waals surface area (Å²) in [6.45, 7) is 2.18. The highest BCUT2D eigenvalue weighted by atomic mass is 19.3. The van der Waals surface area contributed by atoms with Crippen LogP contribution in [0.25, 0.3) is 33.8 Å². The Morgan fingerprint density at radius 2 is 1.55 bits per heavy atom. The Balaban J connectivity index is 1.45. The molecule has 0 N–H and O–H groups in total. The number of aromatic nitrogens is 3. The van der Waals surface area contributed by atoms with E-state index < -0.39 is 6.61 Å². The van der Waals surface area contributed by atoms with Crippen molar-refractivity contribution in [1.82, 2.24) is 14.8 Å². The molecule has 2 aromatic heterocycles. The van der Waals surface area contributed by atoms with Gasteiger partial charge in [-0.25, -0.2) is 0 Å². The summed E-state index contributed by atoms with van der Waals surface area (Å²) in [5.74, 6) is 0.778. The zero-order valence-corrected chi connectivity index (χ0v) is 18.1. The van der Waals surface area contributed by atoms with Gasteiger partial charge in [-0.3, -0.25) is 0 Å². The van der Waals surface area contributed by atoms with Crippen LogP contribution in [0.5, 0.6) is 5.75 Å². The third-order valence-electron chi connectivity index (χ3n) is 5.82. The summed E-state index contributed by atoms with van der Waals surface area (Å²) in [6, 6.07) is 22.6. The Kier molecular flexibility index (Phi) is 5.38. The van der Waals surface area contributed by atoms with Gasteiger partial charge in [-0.05, 0) is 67.4 Å². The Hall–Kier alpha value is -4.00. The van der Waals surface area contributed by atoms with Gasteiger partial charge in [0.05, 0.1) is 0 Å². The number of ether oxygens (including phenoxy) is 1. The maximum Gasteiger partial charge on any atom is 0.387 e. The second kappa shape index (κ2) is 8.50. The number of hydrogen-bond acceptors (Lipinski definition) is 4. The van der Waals surface area contributed by atoms with Crippen LogP contribution < -0.4 is 4.74 Å². The van der Waals surface area contributed by atoms with E-state index in [1.54, 1.807) is 12.1 Å². The molecule has 166 valence electrons. The van der Waals surface area contributed by atoms with Crippen LogP contribution in [0, 0.1) is 13.8 Å². The lowest BCUT2D eigenvalue weighted by atomic mass is 10.1. The van der Waals surface area contributed by atoms with E-state index in [1.807, 2.05) is 24.3 Å². The summed E-state index contributed by atoms with van der Waals surface area (Å²) in [4.78, 5) is 0. The first-order valence-electron chi connectivity index (χ1n) is 10.5. The third kappa shape index (κ3) is 4.09. The van der Waals surface area contributed by atoms with Crippen LogP contribution in [0.2, 0.25) is 0 Å². The fraction of sp³-hybridized carbons (Fsp3) is 0.154. The molecule has 3 aromatic carbocycles. The first-order valence-corrected chi connectivity index (χ1v) is 10.5. The average molecular weight is 445 g/mol. The van der Waals surface area contributed by atoms with Crippen LogP contribution >= 0.6 is 0 Å². The number of fused-ring (bicyclic) bond motifs is 1. The van der Waals surface area contributed by atoms with E-state index in [0.29, 0.717) is 17.3 Å². The summed E-state index contributed by atoms with van der Waals surface area (Å²) in [6.07, 6.45) is 0. The average Bonchev–Trinajstić information content (AvgIpc) is 3.40. The molecule has 0 aliphatic carbocycles. The molecule has 0 fully saturated rings. The summed E-state index contributed by atoms with van der Waals surface area (Å²) in [7, 11) is 0. The van der Waals surface area contributed by atoms with Crippen LogP contribution in [0.15, 0.2) is 77.2 Å². The number of halogens is 2. The molecule has 0 aliphatic heterocycles. The standard InChI is InChI=1S/C26H21F2N3O2/c1-16-17(2)31(15-18-6-4-3-5-7-18)23-13-10-20(14-22(16)23)25-30-29-24(33-25)19-8-11-21(12-9-19)32-26(27)28/h3-14,26H,15H2,1-2H3. The topological polar surface area (TPSA) is 53.1 Å². The van der Waals surface area contributed by atoms with Gasteiger partial charge in [-0.1, -0.05) is 30.3 Å². The lowest BCUT2D eigenvalue weighted by Gasteiger charge is -2.09. The van der Waals surface area contributed by atoms with Crippen molar-refractivity contribution in [3.05, 3.63) is 89.6 Å². The number of nitrogens with zero attached hydrogens (tertiary/aromatic N) is 3. The number of aryl methyl sites for hydroxylation is 1. The predicted molar refractivity (Wildman–Crippen MR) is 122 cm³/mol. The molecule has 0 saturated heterocycles. The second-order valence-corrected chi connectivity index (χ2v) is 7.83. The molecule has 0 saturated carbocycles. The molecule has 0 unspecified atom stereocenters.